The van der Waals surface area contributed by atoms with E-state index in [0.29, 0.717) is 0 Å². The maximum atomic E-state index is 2.46. The Hall–Kier alpha value is -10.3. The van der Waals surface area contributed by atoms with Crippen molar-refractivity contribution in [3.63, 3.8) is 0 Å². The van der Waals surface area contributed by atoms with E-state index in [9.17, 15) is 0 Å². The van der Waals surface area contributed by atoms with Gasteiger partial charge in [0.25, 0.3) is 0 Å². The Bertz CT molecular complexity index is 4200. The van der Waals surface area contributed by atoms with Crippen LogP contribution in [0.3, 0.4) is 0 Å². The van der Waals surface area contributed by atoms with Crippen molar-refractivity contribution < 1.29 is 0 Å². The van der Waals surface area contributed by atoms with Gasteiger partial charge in [-0.2, -0.15) is 0 Å². The summed E-state index contributed by atoms with van der Waals surface area (Å²) in [6.07, 6.45) is 0. The largest absolute Gasteiger partial charge is 0.311 e. The van der Waals surface area contributed by atoms with Crippen LogP contribution < -0.4 is 4.90 Å². The van der Waals surface area contributed by atoms with Gasteiger partial charge in [-0.25, -0.2) is 0 Å². The van der Waals surface area contributed by atoms with Crippen LogP contribution in [0.5, 0.6) is 0 Å². The molecule has 0 fully saturated rings. The molecule has 3 aliphatic carbocycles. The van der Waals surface area contributed by atoms with Crippen LogP contribution in [-0.4, -0.2) is 0 Å². The molecule has 0 aliphatic heterocycles. The zero-order valence-electron chi connectivity index (χ0n) is 50.9. The SMILES string of the molecule is Cc1ccc(C2=C(c3ccc(N(c4ccc(C5=C(c6ccc(C)cc6)c6ccccc6[C@H]5c5ccc(C)cc5)cc4)c4ccc(C5=C(c6ccc(C)cc6)c6ccccc6[C@H]5c5ccc(C)cc5)cc4)cc3)[C@H](c3ccc(C)cc3)c3ccccc32)cc1. The second-order valence-corrected chi connectivity index (χ2v) is 24.7. The van der Waals surface area contributed by atoms with Gasteiger partial charge in [-0.05, 0) is 195 Å². The molecule has 422 valence electrons. The summed E-state index contributed by atoms with van der Waals surface area (Å²) >= 11 is 0. The number of rotatable bonds is 12. The molecule has 12 aromatic carbocycles. The maximum Gasteiger partial charge on any atom is 0.0462 e. The Kier molecular flexibility index (Phi) is 13.9. The first-order valence-corrected chi connectivity index (χ1v) is 31.1. The predicted octanol–water partition coefficient (Wildman–Crippen LogP) is 22.3. The Balaban J connectivity index is 0.903. The highest BCUT2D eigenvalue weighted by molar-refractivity contribution is 6.10. The molecule has 3 aliphatic rings. The van der Waals surface area contributed by atoms with Gasteiger partial charge in [0.15, 0.2) is 0 Å². The molecule has 0 N–H and O–H groups in total. The smallest absolute Gasteiger partial charge is 0.0462 e. The fraction of sp³-hybridized carbons (Fsp3) is 0.103. The van der Waals surface area contributed by atoms with E-state index >= 15 is 0 Å². The van der Waals surface area contributed by atoms with Crippen LogP contribution in [0.15, 0.2) is 291 Å². The molecule has 0 saturated heterocycles. The summed E-state index contributed by atoms with van der Waals surface area (Å²) in [4.78, 5) is 2.46. The molecule has 0 saturated carbocycles. The van der Waals surface area contributed by atoms with Gasteiger partial charge >= 0.3 is 0 Å². The number of aryl methyl sites for hydroxylation is 6. The fourth-order valence-corrected chi connectivity index (χ4v) is 14.4. The summed E-state index contributed by atoms with van der Waals surface area (Å²) in [6.45, 7) is 13.1. The van der Waals surface area contributed by atoms with Crippen molar-refractivity contribution in [1.29, 1.82) is 0 Å². The number of hydrogen-bond acceptors (Lipinski definition) is 1. The highest BCUT2D eigenvalue weighted by Gasteiger charge is 2.37. The molecule has 12 aromatic rings. The lowest BCUT2D eigenvalue weighted by Crippen LogP contribution is -2.11. The van der Waals surface area contributed by atoms with Crippen molar-refractivity contribution in [3.05, 3.63) is 408 Å². The molecular weight excluding hydrogens is 1060 g/mol. The minimum atomic E-state index is 0.0595. The van der Waals surface area contributed by atoms with Crippen LogP contribution in [0, 0.1) is 41.5 Å². The number of nitrogens with zero attached hydrogens (tertiary/aromatic N) is 1. The predicted molar refractivity (Wildman–Crippen MR) is 371 cm³/mol. The molecule has 0 radical (unpaired) electrons. The summed E-state index contributed by atoms with van der Waals surface area (Å²) in [5.74, 6) is 0.179. The van der Waals surface area contributed by atoms with Crippen LogP contribution in [0.25, 0.3) is 33.4 Å². The first kappa shape index (κ1) is 54.3. The molecule has 88 heavy (non-hydrogen) atoms. The van der Waals surface area contributed by atoms with E-state index in [-0.39, 0.29) is 17.8 Å². The molecule has 0 heterocycles. The van der Waals surface area contributed by atoms with E-state index in [2.05, 4.69) is 338 Å². The molecule has 1 heteroatoms. The van der Waals surface area contributed by atoms with Crippen LogP contribution in [0.1, 0.15) is 135 Å². The summed E-state index contributed by atoms with van der Waals surface area (Å²) in [7, 11) is 0. The Morgan fingerprint density at radius 1 is 0.205 bits per heavy atom. The van der Waals surface area contributed by atoms with Gasteiger partial charge in [0.05, 0.1) is 0 Å². The molecule has 0 aromatic heterocycles. The summed E-state index contributed by atoms with van der Waals surface area (Å²) < 4.78 is 0. The van der Waals surface area contributed by atoms with Crippen molar-refractivity contribution in [2.24, 2.45) is 0 Å². The van der Waals surface area contributed by atoms with Gasteiger partial charge in [0.1, 0.15) is 0 Å². The Morgan fingerprint density at radius 3 is 0.648 bits per heavy atom. The summed E-state index contributed by atoms with van der Waals surface area (Å²) in [6, 6.07) is 110. The third-order valence-electron chi connectivity index (χ3n) is 18.9. The van der Waals surface area contributed by atoms with E-state index in [0.717, 1.165) is 17.1 Å². The second kappa shape index (κ2) is 22.5. The van der Waals surface area contributed by atoms with E-state index in [1.165, 1.54) is 150 Å². The molecule has 1 nitrogen and oxygen atoms in total. The van der Waals surface area contributed by atoms with Gasteiger partial charge in [-0.1, -0.05) is 288 Å². The lowest BCUT2D eigenvalue weighted by atomic mass is 9.84. The first-order chi connectivity index (χ1) is 43.1. The molecule has 15 rings (SSSR count). The number of benzene rings is 12. The zero-order valence-corrected chi connectivity index (χ0v) is 50.9. The van der Waals surface area contributed by atoms with Crippen molar-refractivity contribution in [2.45, 2.75) is 59.3 Å². The minimum absolute atomic E-state index is 0.0595. The number of anilines is 3. The summed E-state index contributed by atoms with van der Waals surface area (Å²) in [5.41, 5.74) is 37.8. The number of hydrogen-bond donors (Lipinski definition) is 0. The van der Waals surface area contributed by atoms with Gasteiger partial charge in [0, 0.05) is 34.8 Å². The van der Waals surface area contributed by atoms with E-state index in [1.807, 2.05) is 0 Å². The normalized spacial score (nSPS) is 15.8. The molecule has 0 amide bonds. The van der Waals surface area contributed by atoms with Gasteiger partial charge in [-0.15, -0.1) is 0 Å². The van der Waals surface area contributed by atoms with Gasteiger partial charge < -0.3 is 4.90 Å². The van der Waals surface area contributed by atoms with Crippen molar-refractivity contribution >= 4 is 50.5 Å². The van der Waals surface area contributed by atoms with Crippen molar-refractivity contribution in [1.82, 2.24) is 0 Å². The average Bonchev–Trinajstić information content (AvgIpc) is 1.65. The third-order valence-corrected chi connectivity index (χ3v) is 18.9. The van der Waals surface area contributed by atoms with Crippen LogP contribution in [-0.2, 0) is 0 Å². The van der Waals surface area contributed by atoms with Crippen LogP contribution in [0.2, 0.25) is 0 Å². The lowest BCUT2D eigenvalue weighted by Gasteiger charge is -2.27. The topological polar surface area (TPSA) is 3.24 Å². The standard InChI is InChI=1S/C87H69N/c1-55-19-31-61(32-20-55)79-73-13-7-8-14-74(73)80(62-33-21-56(2)22-34-62)85(79)67-43-49-70(50-44-67)88(71-51-45-68(46-52-71)86-81(63-35-23-57(3)24-36-63)75-15-9-10-16-76(75)82(86)64-37-25-58(4)26-38-64)72-53-47-69(48-54-72)87-83(65-39-27-59(5)28-40-65)77-17-11-12-18-78(77)84(87)66-41-29-60(6)30-42-66/h7-54,79,81,83H,1-6H3/t79-,81-,83-/m1/s1. The molecule has 0 unspecified atom stereocenters. The van der Waals surface area contributed by atoms with E-state index in [1.54, 1.807) is 0 Å². The van der Waals surface area contributed by atoms with Gasteiger partial charge in [0.2, 0.25) is 0 Å². The molecule has 0 spiro atoms. The number of fused-ring (bicyclic) bond motifs is 3. The number of allylic oxidation sites excluding steroid dienone is 3. The Morgan fingerprint density at radius 2 is 0.409 bits per heavy atom. The summed E-state index contributed by atoms with van der Waals surface area (Å²) in [5, 5.41) is 0. The van der Waals surface area contributed by atoms with Crippen molar-refractivity contribution in [3.8, 4) is 0 Å². The highest BCUT2D eigenvalue weighted by atomic mass is 15.1. The highest BCUT2D eigenvalue weighted by Crippen LogP contribution is 2.56. The third kappa shape index (κ3) is 9.69. The second-order valence-electron chi connectivity index (χ2n) is 24.7. The zero-order chi connectivity index (χ0) is 59.6. The van der Waals surface area contributed by atoms with Gasteiger partial charge in [-0.3, -0.25) is 0 Å². The van der Waals surface area contributed by atoms with Crippen molar-refractivity contribution in [2.75, 3.05) is 4.90 Å². The monoisotopic (exact) mass is 1130 g/mol. The average molecular weight is 1130 g/mol. The quantitative estimate of drug-likeness (QED) is 0.118. The van der Waals surface area contributed by atoms with E-state index in [4.69, 9.17) is 0 Å². The molecular formula is C87H69N. The van der Waals surface area contributed by atoms with E-state index < -0.39 is 0 Å². The van der Waals surface area contributed by atoms with Crippen LogP contribution >= 0.6 is 0 Å². The fourth-order valence-electron chi connectivity index (χ4n) is 14.4. The maximum absolute atomic E-state index is 2.46. The minimum Gasteiger partial charge on any atom is -0.311 e. The first-order valence-electron chi connectivity index (χ1n) is 31.1. The van der Waals surface area contributed by atoms with Crippen LogP contribution in [0.4, 0.5) is 17.1 Å². The molecule has 3 atom stereocenters. The molecule has 0 bridgehead atoms. The lowest BCUT2D eigenvalue weighted by molar-refractivity contribution is 1.06. The Labute approximate surface area is 519 Å².